The Hall–Kier alpha value is -3.07. The molecule has 0 bridgehead atoms. The number of benzene rings is 2. The lowest BCUT2D eigenvalue weighted by molar-refractivity contribution is 0.354. The number of nitrogens with one attached hydrogen (secondary N) is 1. The minimum Gasteiger partial charge on any atom is -0.493 e. The van der Waals surface area contributed by atoms with E-state index < -0.39 is 10.0 Å². The number of ether oxygens (including phenoxy) is 2. The Labute approximate surface area is 163 Å². The van der Waals surface area contributed by atoms with Crippen molar-refractivity contribution in [1.82, 2.24) is 10.1 Å². The molecule has 0 aliphatic carbocycles. The summed E-state index contributed by atoms with van der Waals surface area (Å²) in [5.41, 5.74) is 2.15. The van der Waals surface area contributed by atoms with Crippen LogP contribution in [0.5, 0.6) is 11.5 Å². The average molecular weight is 403 g/mol. The molecule has 1 heterocycles. The molecule has 2 aromatic carbocycles. The summed E-state index contributed by atoms with van der Waals surface area (Å²) in [6, 6.07) is 12.4. The maximum Gasteiger partial charge on any atom is 0.232 e. The van der Waals surface area contributed by atoms with Crippen LogP contribution < -0.4 is 14.2 Å². The van der Waals surface area contributed by atoms with Gasteiger partial charge < -0.3 is 14.0 Å². The van der Waals surface area contributed by atoms with Crippen molar-refractivity contribution in [2.75, 3.05) is 24.7 Å². The van der Waals surface area contributed by atoms with E-state index in [4.69, 9.17) is 14.0 Å². The van der Waals surface area contributed by atoms with E-state index in [2.05, 4.69) is 14.9 Å². The molecule has 1 aromatic heterocycles. The SMILES string of the molecule is CCS(=O)(=O)Nc1ccc(-c2noc(Cc3ccc(OC)c(OC)c3)n2)cc1. The molecule has 28 heavy (non-hydrogen) atoms. The molecule has 148 valence electrons. The first-order valence-corrected chi connectivity index (χ1v) is 10.2. The van der Waals surface area contributed by atoms with E-state index in [1.807, 2.05) is 18.2 Å². The zero-order valence-corrected chi connectivity index (χ0v) is 16.6. The minimum atomic E-state index is -3.31. The lowest BCUT2D eigenvalue weighted by atomic mass is 10.1. The summed E-state index contributed by atoms with van der Waals surface area (Å²) in [5, 5.41) is 4.00. The number of hydrogen-bond donors (Lipinski definition) is 1. The molecule has 0 amide bonds. The van der Waals surface area contributed by atoms with Gasteiger partial charge in [0.2, 0.25) is 21.7 Å². The molecule has 1 N–H and O–H groups in total. The third kappa shape index (κ3) is 4.61. The molecule has 0 atom stereocenters. The second-order valence-electron chi connectivity index (χ2n) is 5.96. The van der Waals surface area contributed by atoms with E-state index in [0.717, 1.165) is 11.1 Å². The van der Waals surface area contributed by atoms with Crippen LogP contribution in [-0.2, 0) is 16.4 Å². The van der Waals surface area contributed by atoms with Crippen LogP contribution in [0, 0.1) is 0 Å². The Kier molecular flexibility index (Phi) is 5.84. The minimum absolute atomic E-state index is 0.0130. The lowest BCUT2D eigenvalue weighted by Crippen LogP contribution is -2.14. The summed E-state index contributed by atoms with van der Waals surface area (Å²) >= 11 is 0. The number of methoxy groups -OCH3 is 2. The van der Waals surface area contributed by atoms with Gasteiger partial charge >= 0.3 is 0 Å². The van der Waals surface area contributed by atoms with Crippen LogP contribution in [-0.4, -0.2) is 38.5 Å². The smallest absolute Gasteiger partial charge is 0.232 e. The van der Waals surface area contributed by atoms with Crippen LogP contribution in [0.25, 0.3) is 11.4 Å². The highest BCUT2D eigenvalue weighted by atomic mass is 32.2. The van der Waals surface area contributed by atoms with Crippen molar-refractivity contribution in [2.24, 2.45) is 0 Å². The third-order valence-electron chi connectivity index (χ3n) is 4.07. The number of hydrogen-bond acceptors (Lipinski definition) is 7. The molecule has 9 heteroatoms. The summed E-state index contributed by atoms with van der Waals surface area (Å²) in [6.07, 6.45) is 0.446. The zero-order chi connectivity index (χ0) is 20.1. The zero-order valence-electron chi connectivity index (χ0n) is 15.8. The largest absolute Gasteiger partial charge is 0.493 e. The number of nitrogens with zero attached hydrogens (tertiary/aromatic N) is 2. The van der Waals surface area contributed by atoms with E-state index in [1.54, 1.807) is 45.4 Å². The van der Waals surface area contributed by atoms with Crippen molar-refractivity contribution >= 4 is 15.7 Å². The van der Waals surface area contributed by atoms with Gasteiger partial charge in [0.05, 0.1) is 26.4 Å². The number of sulfonamides is 1. The van der Waals surface area contributed by atoms with Crippen LogP contribution in [0.3, 0.4) is 0 Å². The van der Waals surface area contributed by atoms with E-state index in [0.29, 0.717) is 35.3 Å². The maximum atomic E-state index is 11.6. The fraction of sp³-hybridized carbons (Fsp3) is 0.263. The van der Waals surface area contributed by atoms with Gasteiger partial charge in [-0.3, -0.25) is 4.72 Å². The molecule has 3 rings (SSSR count). The molecule has 0 aliphatic rings. The normalized spacial score (nSPS) is 11.2. The summed E-state index contributed by atoms with van der Waals surface area (Å²) in [5.74, 6) is 2.18. The Morgan fingerprint density at radius 2 is 1.75 bits per heavy atom. The fourth-order valence-corrected chi connectivity index (χ4v) is 3.19. The molecule has 0 spiro atoms. The highest BCUT2D eigenvalue weighted by Gasteiger charge is 2.12. The molecule has 0 aliphatic heterocycles. The van der Waals surface area contributed by atoms with E-state index in [-0.39, 0.29) is 5.75 Å². The molecule has 8 nitrogen and oxygen atoms in total. The Balaban J connectivity index is 1.73. The van der Waals surface area contributed by atoms with Crippen molar-refractivity contribution in [3.63, 3.8) is 0 Å². The lowest BCUT2D eigenvalue weighted by Gasteiger charge is -2.08. The first-order chi connectivity index (χ1) is 13.4. The molecule has 0 saturated carbocycles. The number of aromatic nitrogens is 2. The van der Waals surface area contributed by atoms with Gasteiger partial charge in [0.15, 0.2) is 11.5 Å². The third-order valence-corrected chi connectivity index (χ3v) is 5.37. The van der Waals surface area contributed by atoms with Crippen LogP contribution in [0.15, 0.2) is 47.0 Å². The Morgan fingerprint density at radius 1 is 1.04 bits per heavy atom. The van der Waals surface area contributed by atoms with Gasteiger partial charge in [0.1, 0.15) is 0 Å². The molecule has 0 unspecified atom stereocenters. The van der Waals surface area contributed by atoms with Crippen molar-refractivity contribution in [3.8, 4) is 22.9 Å². The predicted molar refractivity (Wildman–Crippen MR) is 105 cm³/mol. The van der Waals surface area contributed by atoms with Crippen molar-refractivity contribution in [2.45, 2.75) is 13.3 Å². The fourth-order valence-electron chi connectivity index (χ4n) is 2.55. The van der Waals surface area contributed by atoms with Gasteiger partial charge in [0, 0.05) is 11.3 Å². The van der Waals surface area contributed by atoms with E-state index in [1.165, 1.54) is 0 Å². The van der Waals surface area contributed by atoms with E-state index >= 15 is 0 Å². The number of anilines is 1. The quantitative estimate of drug-likeness (QED) is 0.616. The molecule has 0 saturated heterocycles. The van der Waals surface area contributed by atoms with E-state index in [9.17, 15) is 8.42 Å². The maximum absolute atomic E-state index is 11.6. The first-order valence-electron chi connectivity index (χ1n) is 8.58. The molecule has 0 radical (unpaired) electrons. The van der Waals surface area contributed by atoms with Crippen molar-refractivity contribution in [3.05, 3.63) is 53.9 Å². The second kappa shape index (κ2) is 8.30. The van der Waals surface area contributed by atoms with Crippen LogP contribution >= 0.6 is 0 Å². The van der Waals surface area contributed by atoms with Gasteiger partial charge in [-0.15, -0.1) is 0 Å². The van der Waals surface area contributed by atoms with Crippen LogP contribution in [0.1, 0.15) is 18.4 Å². The van der Waals surface area contributed by atoms with Gasteiger partial charge in [0.25, 0.3) is 0 Å². The Bertz CT molecular complexity index is 1050. The van der Waals surface area contributed by atoms with Crippen LogP contribution in [0.2, 0.25) is 0 Å². The predicted octanol–water partition coefficient (Wildman–Crippen LogP) is 3.11. The van der Waals surface area contributed by atoms with Gasteiger partial charge in [-0.05, 0) is 48.9 Å². The molecule has 3 aromatic rings. The van der Waals surface area contributed by atoms with Gasteiger partial charge in [-0.1, -0.05) is 11.2 Å². The molecular formula is C19H21N3O5S. The highest BCUT2D eigenvalue weighted by molar-refractivity contribution is 7.92. The molecular weight excluding hydrogens is 382 g/mol. The average Bonchev–Trinajstić information content (AvgIpc) is 3.16. The van der Waals surface area contributed by atoms with Gasteiger partial charge in [-0.25, -0.2) is 8.42 Å². The summed E-state index contributed by atoms with van der Waals surface area (Å²) in [4.78, 5) is 4.41. The Morgan fingerprint density at radius 3 is 2.39 bits per heavy atom. The summed E-state index contributed by atoms with van der Waals surface area (Å²) < 4.78 is 41.6. The number of rotatable bonds is 8. The first kappa shape index (κ1) is 19.7. The van der Waals surface area contributed by atoms with Crippen molar-refractivity contribution < 1.29 is 22.4 Å². The standard InChI is InChI=1S/C19H21N3O5S/c1-4-28(23,24)22-15-8-6-14(7-9-15)19-20-18(27-21-19)12-13-5-10-16(25-2)17(11-13)26-3/h5-11,22H,4,12H2,1-3H3. The monoisotopic (exact) mass is 403 g/mol. The van der Waals surface area contributed by atoms with Crippen LogP contribution in [0.4, 0.5) is 5.69 Å². The topological polar surface area (TPSA) is 104 Å². The van der Waals surface area contributed by atoms with Crippen molar-refractivity contribution in [1.29, 1.82) is 0 Å². The summed E-state index contributed by atoms with van der Waals surface area (Å²) in [7, 11) is -0.147. The second-order valence-corrected chi connectivity index (χ2v) is 7.97. The molecule has 0 fully saturated rings. The highest BCUT2D eigenvalue weighted by Crippen LogP contribution is 2.28. The summed E-state index contributed by atoms with van der Waals surface area (Å²) in [6.45, 7) is 1.58. The van der Waals surface area contributed by atoms with Gasteiger partial charge in [-0.2, -0.15) is 4.98 Å².